The molecule has 0 unspecified atom stereocenters. The van der Waals surface area contributed by atoms with Crippen LogP contribution in [0.1, 0.15) is 97.8 Å². The molecule has 0 bridgehead atoms. The topological polar surface area (TPSA) is 43.1 Å². The van der Waals surface area contributed by atoms with Gasteiger partial charge in [0.05, 0.1) is 0 Å². The summed E-state index contributed by atoms with van der Waals surface area (Å²) in [4.78, 5) is 12.0. The van der Waals surface area contributed by atoms with E-state index in [1.807, 2.05) is 0 Å². The summed E-state index contributed by atoms with van der Waals surface area (Å²) in [6.45, 7) is 6.63. The van der Waals surface area contributed by atoms with E-state index in [1.165, 1.54) is 38.5 Å². The van der Waals surface area contributed by atoms with Crippen LogP contribution in [0.4, 0.5) is 0 Å². The first-order valence-corrected chi connectivity index (χ1v) is 8.42. The Kier molecular flexibility index (Phi) is 11.0. The van der Waals surface area contributed by atoms with E-state index >= 15 is 0 Å². The molecule has 1 amide bonds. The lowest BCUT2D eigenvalue weighted by Crippen LogP contribution is -2.37. The summed E-state index contributed by atoms with van der Waals surface area (Å²) >= 11 is 0. The van der Waals surface area contributed by atoms with Gasteiger partial charge in [-0.2, -0.15) is 0 Å². The molecular weight excluding hydrogens is 234 g/mol. The lowest BCUT2D eigenvalue weighted by molar-refractivity contribution is -0.129. The van der Waals surface area contributed by atoms with Crippen LogP contribution in [-0.2, 0) is 4.79 Å². The lowest BCUT2D eigenvalue weighted by atomic mass is 9.73. The van der Waals surface area contributed by atoms with E-state index < -0.39 is 0 Å². The van der Waals surface area contributed by atoms with Gasteiger partial charge < -0.3 is 5.73 Å². The number of carbonyl (C=O) groups is 1. The molecule has 0 saturated carbocycles. The highest BCUT2D eigenvalue weighted by Crippen LogP contribution is 2.36. The van der Waals surface area contributed by atoms with Gasteiger partial charge in [0.2, 0.25) is 5.91 Å². The van der Waals surface area contributed by atoms with Gasteiger partial charge in [-0.3, -0.25) is 4.79 Å². The van der Waals surface area contributed by atoms with Gasteiger partial charge in [-0.25, -0.2) is 0 Å². The van der Waals surface area contributed by atoms with Crippen molar-refractivity contribution in [3.05, 3.63) is 0 Å². The lowest BCUT2D eigenvalue weighted by Gasteiger charge is -2.31. The van der Waals surface area contributed by atoms with Crippen LogP contribution in [0.5, 0.6) is 0 Å². The Morgan fingerprint density at radius 2 is 1.05 bits per heavy atom. The van der Waals surface area contributed by atoms with E-state index in [9.17, 15) is 4.79 Å². The molecule has 2 nitrogen and oxygen atoms in total. The Hall–Kier alpha value is -0.530. The molecular formula is C17H35NO. The van der Waals surface area contributed by atoms with Crippen molar-refractivity contribution in [2.75, 3.05) is 0 Å². The van der Waals surface area contributed by atoms with Gasteiger partial charge in [0.25, 0.3) is 0 Å². The average molecular weight is 269 g/mol. The Labute approximate surface area is 120 Å². The Balaban J connectivity index is 4.53. The van der Waals surface area contributed by atoms with Crippen LogP contribution in [0.3, 0.4) is 0 Å². The third-order valence-corrected chi connectivity index (χ3v) is 4.30. The third-order valence-electron chi connectivity index (χ3n) is 4.30. The summed E-state index contributed by atoms with van der Waals surface area (Å²) in [7, 11) is 0. The summed E-state index contributed by atoms with van der Waals surface area (Å²) in [5.41, 5.74) is 5.57. The van der Waals surface area contributed by atoms with Crippen LogP contribution in [0.2, 0.25) is 0 Å². The number of carbonyl (C=O) groups excluding carboxylic acids is 1. The van der Waals surface area contributed by atoms with Crippen molar-refractivity contribution in [3.63, 3.8) is 0 Å². The first-order chi connectivity index (χ1) is 9.13. The predicted molar refractivity (Wildman–Crippen MR) is 84.1 cm³/mol. The zero-order chi connectivity index (χ0) is 14.6. The summed E-state index contributed by atoms with van der Waals surface area (Å²) in [6.07, 6.45) is 13.7. The third kappa shape index (κ3) is 7.59. The van der Waals surface area contributed by atoms with Crippen LogP contribution < -0.4 is 5.73 Å². The largest absolute Gasteiger partial charge is 0.369 e. The molecule has 0 aromatic rings. The van der Waals surface area contributed by atoms with Crippen molar-refractivity contribution in [2.24, 2.45) is 11.1 Å². The number of hydrogen-bond donors (Lipinski definition) is 1. The minimum atomic E-state index is -0.209. The molecule has 114 valence electrons. The Morgan fingerprint density at radius 3 is 1.26 bits per heavy atom. The monoisotopic (exact) mass is 269 g/mol. The normalized spacial score (nSPS) is 11.7. The van der Waals surface area contributed by atoms with Gasteiger partial charge in [-0.05, 0) is 19.3 Å². The average Bonchev–Trinajstić information content (AvgIpc) is 2.38. The fraction of sp³-hybridized carbons (Fsp3) is 0.941. The maximum atomic E-state index is 12.0. The van der Waals surface area contributed by atoms with Crippen LogP contribution >= 0.6 is 0 Å². The highest BCUT2D eigenvalue weighted by atomic mass is 16.1. The van der Waals surface area contributed by atoms with E-state index in [0.717, 1.165) is 38.5 Å². The molecule has 0 saturated heterocycles. The summed E-state index contributed by atoms with van der Waals surface area (Å²) in [5, 5.41) is 0. The first-order valence-electron chi connectivity index (χ1n) is 8.42. The summed E-state index contributed by atoms with van der Waals surface area (Å²) in [6, 6.07) is 0. The van der Waals surface area contributed by atoms with Crippen molar-refractivity contribution in [1.82, 2.24) is 0 Å². The fourth-order valence-electron chi connectivity index (χ4n) is 2.88. The van der Waals surface area contributed by atoms with Crippen LogP contribution in [0.25, 0.3) is 0 Å². The maximum Gasteiger partial charge on any atom is 0.223 e. The van der Waals surface area contributed by atoms with Crippen LogP contribution in [0, 0.1) is 5.41 Å². The van der Waals surface area contributed by atoms with Gasteiger partial charge in [0.1, 0.15) is 0 Å². The molecule has 0 fully saturated rings. The Morgan fingerprint density at radius 1 is 0.737 bits per heavy atom. The van der Waals surface area contributed by atoms with Crippen molar-refractivity contribution in [1.29, 1.82) is 0 Å². The zero-order valence-electron chi connectivity index (χ0n) is 13.5. The van der Waals surface area contributed by atoms with Crippen LogP contribution in [0.15, 0.2) is 0 Å². The van der Waals surface area contributed by atoms with Gasteiger partial charge >= 0.3 is 0 Å². The van der Waals surface area contributed by atoms with Gasteiger partial charge in [-0.1, -0.05) is 78.6 Å². The fourth-order valence-corrected chi connectivity index (χ4v) is 2.88. The molecule has 0 aromatic carbocycles. The van der Waals surface area contributed by atoms with Crippen molar-refractivity contribution in [2.45, 2.75) is 97.8 Å². The number of unbranched alkanes of at least 4 members (excludes halogenated alkanes) is 6. The van der Waals surface area contributed by atoms with E-state index in [2.05, 4.69) is 20.8 Å². The molecule has 0 radical (unpaired) electrons. The molecule has 0 aliphatic heterocycles. The highest BCUT2D eigenvalue weighted by Gasteiger charge is 2.34. The summed E-state index contributed by atoms with van der Waals surface area (Å²) in [5.74, 6) is -0.0455. The maximum absolute atomic E-state index is 12.0. The smallest absolute Gasteiger partial charge is 0.223 e. The zero-order valence-corrected chi connectivity index (χ0v) is 13.5. The molecule has 0 heterocycles. The SMILES string of the molecule is CCCCCC(CCCCC)(CCCCC)C(N)=O. The molecule has 2 heteroatoms. The van der Waals surface area contributed by atoms with Crippen molar-refractivity contribution in [3.8, 4) is 0 Å². The molecule has 0 atom stereocenters. The quantitative estimate of drug-likeness (QED) is 0.459. The highest BCUT2D eigenvalue weighted by molar-refractivity contribution is 5.80. The van der Waals surface area contributed by atoms with E-state index in [4.69, 9.17) is 5.73 Å². The van der Waals surface area contributed by atoms with Crippen molar-refractivity contribution >= 4 is 5.91 Å². The standard InChI is InChI=1S/C17H35NO/c1-4-7-10-13-17(16(18)19,14-11-8-5-2)15-12-9-6-3/h4-15H2,1-3H3,(H2,18,19). The predicted octanol–water partition coefficient (Wildman–Crippen LogP) is 5.20. The number of primary amides is 1. The second-order valence-corrected chi connectivity index (χ2v) is 6.02. The van der Waals surface area contributed by atoms with E-state index in [-0.39, 0.29) is 11.3 Å². The number of nitrogens with two attached hydrogens (primary N) is 1. The van der Waals surface area contributed by atoms with Crippen LogP contribution in [-0.4, -0.2) is 5.91 Å². The van der Waals surface area contributed by atoms with Gasteiger partial charge in [0, 0.05) is 5.41 Å². The molecule has 0 aliphatic carbocycles. The second-order valence-electron chi connectivity index (χ2n) is 6.02. The molecule has 0 spiro atoms. The van der Waals surface area contributed by atoms with Crippen molar-refractivity contribution < 1.29 is 4.79 Å². The number of rotatable bonds is 13. The summed E-state index contributed by atoms with van der Waals surface area (Å²) < 4.78 is 0. The Bertz CT molecular complexity index is 199. The molecule has 19 heavy (non-hydrogen) atoms. The van der Waals surface area contributed by atoms with Gasteiger partial charge in [0.15, 0.2) is 0 Å². The second kappa shape index (κ2) is 11.3. The minimum Gasteiger partial charge on any atom is -0.369 e. The molecule has 0 rings (SSSR count). The first kappa shape index (κ1) is 18.5. The van der Waals surface area contributed by atoms with E-state index in [1.54, 1.807) is 0 Å². The number of hydrogen-bond acceptors (Lipinski definition) is 1. The van der Waals surface area contributed by atoms with Gasteiger partial charge in [-0.15, -0.1) is 0 Å². The minimum absolute atomic E-state index is 0.0455. The molecule has 2 N–H and O–H groups in total. The number of amides is 1. The van der Waals surface area contributed by atoms with E-state index in [0.29, 0.717) is 0 Å². The molecule has 0 aliphatic rings. The molecule has 0 aromatic heterocycles.